The molecule has 0 spiro atoms. The maximum atomic E-state index is 13.0. The quantitative estimate of drug-likeness (QED) is 0.323. The summed E-state index contributed by atoms with van der Waals surface area (Å²) in [5.74, 6) is -0.840. The van der Waals surface area contributed by atoms with Gasteiger partial charge in [0.1, 0.15) is 18.0 Å². The molecule has 2 aromatic rings. The average molecular weight is 644 g/mol. The number of rotatable bonds is 9. The summed E-state index contributed by atoms with van der Waals surface area (Å²) >= 11 is 0. The summed E-state index contributed by atoms with van der Waals surface area (Å²) in [7, 11) is -5.48. The monoisotopic (exact) mass is 643 g/mol. The molecular weight excluding hydrogens is 607 g/mol. The first-order valence-electron chi connectivity index (χ1n) is 14.1. The Hall–Kier alpha value is -3.40. The lowest BCUT2D eigenvalue weighted by molar-refractivity contribution is -0.258. The molecule has 242 valence electrons. The number of amides is 2. The zero-order valence-electron chi connectivity index (χ0n) is 24.2. The molecule has 2 fully saturated rings. The number of nitrogens with zero attached hydrogens (tertiary/aromatic N) is 1. The largest absolute Gasteiger partial charge is 0.508 e. The normalized spacial score (nSPS) is 21.8. The molecule has 3 atom stereocenters. The molecule has 2 saturated heterocycles. The van der Waals surface area contributed by atoms with Crippen molar-refractivity contribution >= 4 is 27.3 Å². The van der Waals surface area contributed by atoms with Gasteiger partial charge in [0.15, 0.2) is 6.29 Å². The van der Waals surface area contributed by atoms with Gasteiger partial charge in [0.2, 0.25) is 5.91 Å². The summed E-state index contributed by atoms with van der Waals surface area (Å²) < 4.78 is 73.9. The number of halogens is 3. The van der Waals surface area contributed by atoms with E-state index in [1.54, 1.807) is 12.1 Å². The average Bonchev–Trinajstić information content (AvgIpc) is 2.97. The lowest BCUT2D eigenvalue weighted by Gasteiger charge is -2.41. The standard InChI is InChI=1S/C29H36F3N3O8S/c1-28(2)17-42-27(18-6-8-21(36)9-7-18)43-24(28)25(38)33-13-10-23(37)26(39)35-14-11-19(12-15-35)34-20-4-3-5-22(16-20)44(40,41)29(30,31)32/h3-9,16,19,23-24,27,34,36-37H,10-15,17H2,1-2H3,(H,33,38)/t23?,24-,27?/m0/s1. The van der Waals surface area contributed by atoms with E-state index < -0.39 is 56.0 Å². The highest BCUT2D eigenvalue weighted by atomic mass is 32.2. The molecule has 0 aromatic heterocycles. The lowest BCUT2D eigenvalue weighted by atomic mass is 9.85. The topological polar surface area (TPSA) is 154 Å². The molecule has 2 aromatic carbocycles. The van der Waals surface area contributed by atoms with E-state index in [-0.39, 0.29) is 50.1 Å². The Morgan fingerprint density at radius 3 is 2.41 bits per heavy atom. The summed E-state index contributed by atoms with van der Waals surface area (Å²) in [5.41, 5.74) is -5.22. The number of aliphatic hydroxyl groups excluding tert-OH is 1. The highest BCUT2D eigenvalue weighted by Gasteiger charge is 2.47. The first-order valence-corrected chi connectivity index (χ1v) is 15.6. The molecule has 2 aliphatic rings. The van der Waals surface area contributed by atoms with Gasteiger partial charge >= 0.3 is 5.51 Å². The fourth-order valence-electron chi connectivity index (χ4n) is 5.06. The van der Waals surface area contributed by atoms with Gasteiger partial charge in [-0.15, -0.1) is 0 Å². The SMILES string of the molecule is CC1(C)COC(c2ccc(O)cc2)O[C@H]1C(=O)NCCC(O)C(=O)N1CCC(Nc2cccc(S(=O)(=O)C(F)(F)F)c2)CC1. The number of aromatic hydroxyl groups is 1. The summed E-state index contributed by atoms with van der Waals surface area (Å²) in [6.07, 6.45) is -2.23. The van der Waals surface area contributed by atoms with Gasteiger partial charge in [-0.2, -0.15) is 13.2 Å². The lowest BCUT2D eigenvalue weighted by Crippen LogP contribution is -2.52. The Labute approximate surface area is 253 Å². The number of hydrogen-bond acceptors (Lipinski definition) is 9. The van der Waals surface area contributed by atoms with E-state index in [0.717, 1.165) is 12.1 Å². The van der Waals surface area contributed by atoms with E-state index >= 15 is 0 Å². The fraction of sp³-hybridized carbons (Fsp3) is 0.517. The number of hydrogen-bond donors (Lipinski definition) is 4. The maximum absolute atomic E-state index is 13.0. The first kappa shape index (κ1) is 33.5. The third-order valence-electron chi connectivity index (χ3n) is 7.61. The predicted molar refractivity (Wildman–Crippen MR) is 152 cm³/mol. The second-order valence-electron chi connectivity index (χ2n) is 11.6. The van der Waals surface area contributed by atoms with Gasteiger partial charge in [0.25, 0.3) is 15.7 Å². The van der Waals surface area contributed by atoms with Crippen molar-refractivity contribution in [2.75, 3.05) is 31.6 Å². The zero-order valence-corrected chi connectivity index (χ0v) is 25.0. The van der Waals surface area contributed by atoms with Crippen molar-refractivity contribution in [3.8, 4) is 5.75 Å². The summed E-state index contributed by atoms with van der Waals surface area (Å²) in [6.45, 7) is 4.43. The zero-order chi connectivity index (χ0) is 32.3. The van der Waals surface area contributed by atoms with Gasteiger partial charge in [0.05, 0.1) is 11.5 Å². The summed E-state index contributed by atoms with van der Waals surface area (Å²) in [5, 5.41) is 25.8. The van der Waals surface area contributed by atoms with Gasteiger partial charge in [0, 0.05) is 42.3 Å². The van der Waals surface area contributed by atoms with Crippen LogP contribution in [0.3, 0.4) is 0 Å². The molecule has 2 heterocycles. The number of benzene rings is 2. The van der Waals surface area contributed by atoms with Crippen LogP contribution >= 0.6 is 0 Å². The molecule has 0 radical (unpaired) electrons. The number of phenolic OH excluding ortho intramolecular Hbond substituents is 1. The Kier molecular flexibility index (Phi) is 10.1. The Balaban J connectivity index is 1.23. The van der Waals surface area contributed by atoms with E-state index in [0.29, 0.717) is 18.4 Å². The van der Waals surface area contributed by atoms with Gasteiger partial charge in [-0.3, -0.25) is 9.59 Å². The molecule has 0 bridgehead atoms. The van der Waals surface area contributed by atoms with E-state index in [1.165, 1.54) is 29.2 Å². The number of ether oxygens (including phenoxy) is 2. The van der Waals surface area contributed by atoms with Crippen LogP contribution in [-0.4, -0.2) is 85.3 Å². The number of phenols is 1. The van der Waals surface area contributed by atoms with E-state index in [2.05, 4.69) is 10.6 Å². The number of anilines is 1. The van der Waals surface area contributed by atoms with Crippen LogP contribution in [0.4, 0.5) is 18.9 Å². The van der Waals surface area contributed by atoms with Crippen molar-refractivity contribution < 1.29 is 50.9 Å². The van der Waals surface area contributed by atoms with Crippen molar-refractivity contribution in [3.05, 3.63) is 54.1 Å². The van der Waals surface area contributed by atoms with Crippen molar-refractivity contribution in [1.29, 1.82) is 0 Å². The van der Waals surface area contributed by atoms with Crippen molar-refractivity contribution in [1.82, 2.24) is 10.2 Å². The van der Waals surface area contributed by atoms with Crippen molar-refractivity contribution in [3.63, 3.8) is 0 Å². The van der Waals surface area contributed by atoms with Crippen LogP contribution < -0.4 is 10.6 Å². The van der Waals surface area contributed by atoms with Gasteiger partial charge in [-0.1, -0.05) is 32.0 Å². The van der Waals surface area contributed by atoms with Gasteiger partial charge in [-0.25, -0.2) is 8.42 Å². The number of aliphatic hydroxyl groups is 1. The molecule has 2 amide bonds. The first-order chi connectivity index (χ1) is 20.6. The van der Waals surface area contributed by atoms with Crippen LogP contribution in [0.25, 0.3) is 0 Å². The van der Waals surface area contributed by atoms with Gasteiger partial charge in [-0.05, 0) is 49.6 Å². The number of sulfone groups is 1. The van der Waals surface area contributed by atoms with Crippen LogP contribution in [0.1, 0.15) is 45.0 Å². The highest BCUT2D eigenvalue weighted by Crippen LogP contribution is 2.37. The van der Waals surface area contributed by atoms with Crippen LogP contribution in [0.5, 0.6) is 5.75 Å². The van der Waals surface area contributed by atoms with E-state index in [1.807, 2.05) is 13.8 Å². The number of piperidine rings is 1. The Morgan fingerprint density at radius 1 is 1.11 bits per heavy atom. The third-order valence-corrected chi connectivity index (χ3v) is 9.09. The molecule has 44 heavy (non-hydrogen) atoms. The minimum atomic E-state index is -5.48. The van der Waals surface area contributed by atoms with Crippen molar-refractivity contribution in [2.45, 2.75) is 68.1 Å². The van der Waals surface area contributed by atoms with Crippen molar-refractivity contribution in [2.24, 2.45) is 5.41 Å². The smallest absolute Gasteiger partial charge is 0.501 e. The van der Waals surface area contributed by atoms with Crippen LogP contribution in [0.2, 0.25) is 0 Å². The molecule has 15 heteroatoms. The second kappa shape index (κ2) is 13.3. The highest BCUT2D eigenvalue weighted by molar-refractivity contribution is 7.92. The molecule has 2 aliphatic heterocycles. The molecule has 11 nitrogen and oxygen atoms in total. The van der Waals surface area contributed by atoms with Crippen LogP contribution in [0.15, 0.2) is 53.4 Å². The van der Waals surface area contributed by atoms with Gasteiger partial charge < -0.3 is 35.2 Å². The minimum Gasteiger partial charge on any atom is -0.508 e. The Bertz CT molecular complexity index is 1430. The molecule has 2 unspecified atom stereocenters. The molecular formula is C29H36F3N3O8S. The molecule has 4 rings (SSSR count). The molecule has 0 aliphatic carbocycles. The molecule has 4 N–H and O–H groups in total. The third kappa shape index (κ3) is 7.81. The van der Waals surface area contributed by atoms with Crippen LogP contribution in [0, 0.1) is 5.41 Å². The fourth-order valence-corrected chi connectivity index (χ4v) is 5.87. The second-order valence-corrected chi connectivity index (χ2v) is 13.5. The molecule has 0 saturated carbocycles. The summed E-state index contributed by atoms with van der Waals surface area (Å²) in [6, 6.07) is 10.5. The Morgan fingerprint density at radius 2 is 1.77 bits per heavy atom. The number of carbonyl (C=O) groups excluding carboxylic acids is 2. The maximum Gasteiger partial charge on any atom is 0.501 e. The predicted octanol–water partition coefficient (Wildman–Crippen LogP) is 3.10. The van der Waals surface area contributed by atoms with E-state index in [9.17, 15) is 41.4 Å². The number of alkyl halides is 3. The minimum absolute atomic E-state index is 0.0155. The number of nitrogens with one attached hydrogen (secondary N) is 2. The van der Waals surface area contributed by atoms with E-state index in [4.69, 9.17) is 9.47 Å². The summed E-state index contributed by atoms with van der Waals surface area (Å²) in [4.78, 5) is 26.4. The number of carbonyl (C=O) groups is 2. The number of likely N-dealkylation sites (tertiary alicyclic amines) is 1. The van der Waals surface area contributed by atoms with Crippen LogP contribution in [-0.2, 0) is 28.9 Å².